The fraction of sp³-hybridized carbons (Fsp3) is 0.429. The monoisotopic (exact) mass is 384 g/mol. The zero-order chi connectivity index (χ0) is 20.6. The van der Waals surface area contributed by atoms with Gasteiger partial charge in [0.25, 0.3) is 5.69 Å². The summed E-state index contributed by atoms with van der Waals surface area (Å²) in [4.78, 5) is 36.3. The Bertz CT molecular complexity index is 909. The lowest BCUT2D eigenvalue weighted by atomic mass is 9.68. The van der Waals surface area contributed by atoms with E-state index in [9.17, 15) is 19.7 Å². The Morgan fingerprint density at radius 3 is 2.50 bits per heavy atom. The van der Waals surface area contributed by atoms with Crippen molar-refractivity contribution in [3.8, 4) is 0 Å². The van der Waals surface area contributed by atoms with Crippen LogP contribution in [0.1, 0.15) is 52.0 Å². The number of hydrogen-bond acceptors (Lipinski definition) is 6. The molecule has 28 heavy (non-hydrogen) atoms. The van der Waals surface area contributed by atoms with Gasteiger partial charge in [0.05, 0.1) is 17.1 Å². The number of Topliss-reactive ketones (excluding diaryl/α,β-unsaturated/α-hetero) is 1. The van der Waals surface area contributed by atoms with E-state index in [1.165, 1.54) is 12.1 Å². The standard InChI is InChI=1S/C21H24N2O5/c1-5-28-20(25)17-12(2)22-15-10-21(3,4)11-16(24)19(15)18(17)13-6-8-14(9-7-13)23(26)27/h6-9,18,22H,5,10-11H2,1-4H3/t18-/m0/s1. The molecule has 7 heteroatoms. The van der Waals surface area contributed by atoms with Gasteiger partial charge in [-0.1, -0.05) is 26.0 Å². The van der Waals surface area contributed by atoms with Crippen LogP contribution in [0.25, 0.3) is 0 Å². The van der Waals surface area contributed by atoms with Crippen LogP contribution in [0.5, 0.6) is 0 Å². The van der Waals surface area contributed by atoms with Crippen molar-refractivity contribution in [2.24, 2.45) is 5.41 Å². The van der Waals surface area contributed by atoms with Crippen molar-refractivity contribution in [3.63, 3.8) is 0 Å². The molecule has 0 unspecified atom stereocenters. The summed E-state index contributed by atoms with van der Waals surface area (Å²) in [6.45, 7) is 7.81. The molecule has 1 aliphatic heterocycles. The van der Waals surface area contributed by atoms with Crippen LogP contribution in [0.4, 0.5) is 5.69 Å². The number of benzene rings is 1. The van der Waals surface area contributed by atoms with Gasteiger partial charge in [-0.25, -0.2) is 4.79 Å². The molecule has 0 bridgehead atoms. The molecule has 0 saturated heterocycles. The number of carbonyl (C=O) groups is 2. The summed E-state index contributed by atoms with van der Waals surface area (Å²) < 4.78 is 5.24. The second kappa shape index (κ2) is 7.22. The van der Waals surface area contributed by atoms with Crippen molar-refractivity contribution in [1.29, 1.82) is 0 Å². The summed E-state index contributed by atoms with van der Waals surface area (Å²) >= 11 is 0. The minimum Gasteiger partial charge on any atom is -0.463 e. The minimum absolute atomic E-state index is 0.0172. The van der Waals surface area contributed by atoms with Gasteiger partial charge in [-0.2, -0.15) is 0 Å². The number of rotatable bonds is 4. The molecule has 1 aliphatic carbocycles. The van der Waals surface area contributed by atoms with E-state index in [4.69, 9.17) is 4.74 Å². The number of dihydropyridines is 1. The van der Waals surface area contributed by atoms with E-state index in [0.717, 1.165) is 5.70 Å². The fourth-order valence-corrected chi connectivity index (χ4v) is 4.04. The molecule has 0 spiro atoms. The highest BCUT2D eigenvalue weighted by atomic mass is 16.6. The van der Waals surface area contributed by atoms with Crippen molar-refractivity contribution >= 4 is 17.4 Å². The molecule has 1 heterocycles. The largest absolute Gasteiger partial charge is 0.463 e. The van der Waals surface area contributed by atoms with Gasteiger partial charge in [0, 0.05) is 41.4 Å². The van der Waals surface area contributed by atoms with Gasteiger partial charge in [-0.05, 0) is 31.2 Å². The third-order valence-corrected chi connectivity index (χ3v) is 5.17. The van der Waals surface area contributed by atoms with Crippen LogP contribution in [-0.2, 0) is 14.3 Å². The SMILES string of the molecule is CCOC(=O)C1=C(C)NC2=C(C(=O)CC(C)(C)C2)[C@H]1c1ccc([N+](=O)[O-])cc1. The molecular weight excluding hydrogens is 360 g/mol. The summed E-state index contributed by atoms with van der Waals surface area (Å²) in [7, 11) is 0. The number of esters is 1. The maximum absolute atomic E-state index is 13.1. The minimum atomic E-state index is -0.597. The molecule has 1 N–H and O–H groups in total. The van der Waals surface area contributed by atoms with Gasteiger partial charge in [0.2, 0.25) is 0 Å². The van der Waals surface area contributed by atoms with Crippen molar-refractivity contribution in [2.45, 2.75) is 46.5 Å². The molecule has 0 saturated carbocycles. The summed E-state index contributed by atoms with van der Waals surface area (Å²) in [5.41, 5.74) is 2.84. The summed E-state index contributed by atoms with van der Waals surface area (Å²) in [6, 6.07) is 6.01. The quantitative estimate of drug-likeness (QED) is 0.482. The number of carbonyl (C=O) groups excluding carboxylic acids is 2. The van der Waals surface area contributed by atoms with Crippen molar-refractivity contribution in [3.05, 3.63) is 62.5 Å². The molecule has 0 radical (unpaired) electrons. The number of allylic oxidation sites excluding steroid dienone is 3. The molecule has 1 aromatic carbocycles. The first-order chi connectivity index (χ1) is 13.1. The Morgan fingerprint density at radius 1 is 1.29 bits per heavy atom. The molecule has 1 atom stereocenters. The number of ether oxygens (including phenoxy) is 1. The lowest BCUT2D eigenvalue weighted by Gasteiger charge is -2.39. The predicted molar refractivity (Wildman–Crippen MR) is 103 cm³/mol. The third kappa shape index (κ3) is 3.56. The molecule has 2 aliphatic rings. The summed E-state index contributed by atoms with van der Waals surface area (Å²) in [5, 5.41) is 14.3. The van der Waals surface area contributed by atoms with Gasteiger partial charge >= 0.3 is 5.97 Å². The highest BCUT2D eigenvalue weighted by molar-refractivity contribution is 6.04. The number of nitrogens with one attached hydrogen (secondary N) is 1. The highest BCUT2D eigenvalue weighted by Gasteiger charge is 2.43. The van der Waals surface area contributed by atoms with E-state index in [-0.39, 0.29) is 23.5 Å². The van der Waals surface area contributed by atoms with E-state index >= 15 is 0 Å². The van der Waals surface area contributed by atoms with Crippen LogP contribution in [0, 0.1) is 15.5 Å². The highest BCUT2D eigenvalue weighted by Crippen LogP contribution is 2.46. The Labute approximate surface area is 163 Å². The zero-order valence-corrected chi connectivity index (χ0v) is 16.5. The summed E-state index contributed by atoms with van der Waals surface area (Å²) in [6.07, 6.45) is 1.07. The average Bonchev–Trinajstić information content (AvgIpc) is 2.59. The second-order valence-corrected chi connectivity index (χ2v) is 8.00. The third-order valence-electron chi connectivity index (χ3n) is 5.17. The van der Waals surface area contributed by atoms with Gasteiger partial charge in [-0.15, -0.1) is 0 Å². The van der Waals surface area contributed by atoms with Crippen molar-refractivity contribution in [2.75, 3.05) is 6.61 Å². The molecule has 0 aromatic heterocycles. The van der Waals surface area contributed by atoms with Crippen LogP contribution in [0.15, 0.2) is 46.8 Å². The number of non-ortho nitro benzene ring substituents is 1. The molecular formula is C21H24N2O5. The number of ketones is 1. The van der Waals surface area contributed by atoms with E-state index in [2.05, 4.69) is 5.32 Å². The van der Waals surface area contributed by atoms with E-state index in [0.29, 0.717) is 35.2 Å². The fourth-order valence-electron chi connectivity index (χ4n) is 4.04. The molecule has 1 aromatic rings. The zero-order valence-electron chi connectivity index (χ0n) is 16.5. The van der Waals surface area contributed by atoms with Gasteiger partial charge in [0.15, 0.2) is 5.78 Å². The van der Waals surface area contributed by atoms with Crippen LogP contribution in [0.3, 0.4) is 0 Å². The number of nitro benzene ring substituents is 1. The molecule has 0 amide bonds. The first kappa shape index (κ1) is 19.8. The second-order valence-electron chi connectivity index (χ2n) is 8.00. The lowest BCUT2D eigenvalue weighted by molar-refractivity contribution is -0.384. The van der Waals surface area contributed by atoms with Crippen molar-refractivity contribution in [1.82, 2.24) is 5.32 Å². The van der Waals surface area contributed by atoms with E-state index < -0.39 is 16.8 Å². The van der Waals surface area contributed by atoms with Crippen LogP contribution >= 0.6 is 0 Å². The number of nitrogens with zero attached hydrogens (tertiary/aromatic N) is 1. The molecule has 7 nitrogen and oxygen atoms in total. The maximum Gasteiger partial charge on any atom is 0.336 e. The Hall–Kier alpha value is -2.96. The number of hydrogen-bond donors (Lipinski definition) is 1. The van der Waals surface area contributed by atoms with E-state index in [1.54, 1.807) is 26.0 Å². The van der Waals surface area contributed by atoms with Gasteiger partial charge < -0.3 is 10.1 Å². The molecule has 148 valence electrons. The van der Waals surface area contributed by atoms with Crippen LogP contribution in [-0.4, -0.2) is 23.3 Å². The van der Waals surface area contributed by atoms with Gasteiger partial charge in [0.1, 0.15) is 0 Å². The molecule has 3 rings (SSSR count). The topological polar surface area (TPSA) is 98.5 Å². The van der Waals surface area contributed by atoms with E-state index in [1.807, 2.05) is 13.8 Å². The first-order valence-electron chi connectivity index (χ1n) is 9.30. The number of nitro groups is 1. The Morgan fingerprint density at radius 2 is 1.93 bits per heavy atom. The maximum atomic E-state index is 13.1. The predicted octanol–water partition coefficient (Wildman–Crippen LogP) is 3.76. The van der Waals surface area contributed by atoms with Crippen molar-refractivity contribution < 1.29 is 19.2 Å². The normalized spacial score (nSPS) is 21.1. The Kier molecular flexibility index (Phi) is 5.10. The summed E-state index contributed by atoms with van der Waals surface area (Å²) in [5.74, 6) is -1.10. The van der Waals surface area contributed by atoms with Crippen LogP contribution in [0.2, 0.25) is 0 Å². The first-order valence-corrected chi connectivity index (χ1v) is 9.30. The Balaban J connectivity index is 2.16. The van der Waals surface area contributed by atoms with Crippen LogP contribution < -0.4 is 5.32 Å². The lowest BCUT2D eigenvalue weighted by Crippen LogP contribution is -2.38. The molecule has 0 fully saturated rings. The van der Waals surface area contributed by atoms with Gasteiger partial charge in [-0.3, -0.25) is 14.9 Å². The smallest absolute Gasteiger partial charge is 0.336 e. The average molecular weight is 384 g/mol.